The molecule has 1 aliphatic carbocycles. The summed E-state index contributed by atoms with van der Waals surface area (Å²) in [4.78, 5) is 35.5. The SMILES string of the molecule is CN1CC2(CC(C(=O)c3cccc(NC(=O)c4ncccc4Cl)n3)C2)C1. The average molecular weight is 371 g/mol. The third-order valence-corrected chi connectivity index (χ3v) is 5.46. The zero-order valence-corrected chi connectivity index (χ0v) is 15.2. The number of amides is 1. The van der Waals surface area contributed by atoms with E-state index in [1.165, 1.54) is 6.20 Å². The van der Waals surface area contributed by atoms with E-state index in [9.17, 15) is 9.59 Å². The van der Waals surface area contributed by atoms with Crippen LogP contribution in [0.3, 0.4) is 0 Å². The van der Waals surface area contributed by atoms with Gasteiger partial charge in [0.25, 0.3) is 5.91 Å². The van der Waals surface area contributed by atoms with Crippen LogP contribution in [0.15, 0.2) is 36.5 Å². The number of carbonyl (C=O) groups is 2. The Bertz CT molecular complexity index is 871. The molecule has 26 heavy (non-hydrogen) atoms. The van der Waals surface area contributed by atoms with Crippen LogP contribution >= 0.6 is 11.6 Å². The van der Waals surface area contributed by atoms with Crippen molar-refractivity contribution < 1.29 is 9.59 Å². The van der Waals surface area contributed by atoms with Crippen molar-refractivity contribution in [2.24, 2.45) is 11.3 Å². The fraction of sp³-hybridized carbons (Fsp3) is 0.368. The van der Waals surface area contributed by atoms with Crippen LogP contribution in [0.5, 0.6) is 0 Å². The summed E-state index contributed by atoms with van der Waals surface area (Å²) in [6.45, 7) is 2.15. The number of rotatable bonds is 4. The molecule has 1 amide bonds. The lowest BCUT2D eigenvalue weighted by atomic mass is 9.56. The third-order valence-electron chi connectivity index (χ3n) is 5.16. The predicted molar refractivity (Wildman–Crippen MR) is 98.4 cm³/mol. The minimum absolute atomic E-state index is 0.0346. The standard InChI is InChI=1S/C19H19ClN4O2/c1-24-10-19(11-24)8-12(9-19)17(25)14-5-2-6-15(22-14)23-18(26)16-13(20)4-3-7-21-16/h2-7,12H,8-11H2,1H3,(H,22,23,26). The highest BCUT2D eigenvalue weighted by Crippen LogP contribution is 2.52. The Kier molecular flexibility index (Phi) is 4.25. The molecule has 2 fully saturated rings. The summed E-state index contributed by atoms with van der Waals surface area (Å²) >= 11 is 5.99. The molecule has 2 aliphatic rings. The van der Waals surface area contributed by atoms with Crippen molar-refractivity contribution in [3.63, 3.8) is 0 Å². The monoisotopic (exact) mass is 370 g/mol. The minimum atomic E-state index is -0.451. The predicted octanol–water partition coefficient (Wildman–Crippen LogP) is 2.91. The number of nitrogens with zero attached hydrogens (tertiary/aromatic N) is 3. The Balaban J connectivity index is 1.43. The maximum Gasteiger partial charge on any atom is 0.276 e. The zero-order chi connectivity index (χ0) is 18.3. The van der Waals surface area contributed by atoms with Crippen LogP contribution in [0, 0.1) is 11.3 Å². The highest BCUT2D eigenvalue weighted by Gasteiger charge is 2.53. The van der Waals surface area contributed by atoms with Gasteiger partial charge in [0, 0.05) is 25.2 Å². The van der Waals surface area contributed by atoms with Gasteiger partial charge in [0.1, 0.15) is 17.2 Å². The van der Waals surface area contributed by atoms with E-state index in [0.29, 0.717) is 16.9 Å². The first kappa shape index (κ1) is 17.1. The summed E-state index contributed by atoms with van der Waals surface area (Å²) in [6.07, 6.45) is 3.36. The van der Waals surface area contributed by atoms with Gasteiger partial charge in [-0.05, 0) is 49.6 Å². The summed E-state index contributed by atoms with van der Waals surface area (Å²) in [5.74, 6) is -0.0442. The van der Waals surface area contributed by atoms with Crippen molar-refractivity contribution in [1.82, 2.24) is 14.9 Å². The van der Waals surface area contributed by atoms with Crippen molar-refractivity contribution in [2.75, 3.05) is 25.5 Å². The summed E-state index contributed by atoms with van der Waals surface area (Å²) in [7, 11) is 2.10. The number of pyridine rings is 2. The first-order valence-corrected chi connectivity index (χ1v) is 8.95. The first-order valence-electron chi connectivity index (χ1n) is 8.57. The van der Waals surface area contributed by atoms with Crippen LogP contribution in [-0.4, -0.2) is 46.7 Å². The van der Waals surface area contributed by atoms with Crippen LogP contribution in [0.4, 0.5) is 5.82 Å². The Morgan fingerprint density at radius 2 is 2.00 bits per heavy atom. The van der Waals surface area contributed by atoms with E-state index in [4.69, 9.17) is 11.6 Å². The van der Waals surface area contributed by atoms with Crippen LogP contribution in [0.25, 0.3) is 0 Å². The van der Waals surface area contributed by atoms with Gasteiger partial charge >= 0.3 is 0 Å². The molecule has 1 N–H and O–H groups in total. The number of ketones is 1. The molecule has 1 aliphatic heterocycles. The average Bonchev–Trinajstić information content (AvgIpc) is 2.57. The highest BCUT2D eigenvalue weighted by molar-refractivity contribution is 6.34. The Hall–Kier alpha value is -2.31. The van der Waals surface area contributed by atoms with E-state index >= 15 is 0 Å². The number of nitrogens with one attached hydrogen (secondary N) is 1. The van der Waals surface area contributed by atoms with Crippen molar-refractivity contribution >= 4 is 29.1 Å². The van der Waals surface area contributed by atoms with Gasteiger partial charge in [-0.3, -0.25) is 9.59 Å². The van der Waals surface area contributed by atoms with E-state index in [-0.39, 0.29) is 22.4 Å². The van der Waals surface area contributed by atoms with E-state index in [2.05, 4.69) is 27.2 Å². The quantitative estimate of drug-likeness (QED) is 0.837. The summed E-state index contributed by atoms with van der Waals surface area (Å²) < 4.78 is 0. The molecule has 1 saturated carbocycles. The van der Waals surface area contributed by atoms with E-state index in [0.717, 1.165) is 25.9 Å². The molecule has 2 aromatic heterocycles. The summed E-state index contributed by atoms with van der Waals surface area (Å²) in [6, 6.07) is 8.32. The van der Waals surface area contributed by atoms with Gasteiger partial charge in [0.2, 0.25) is 0 Å². The van der Waals surface area contributed by atoms with Crippen molar-refractivity contribution in [3.8, 4) is 0 Å². The molecule has 6 nitrogen and oxygen atoms in total. The van der Waals surface area contributed by atoms with Gasteiger partial charge in [-0.2, -0.15) is 0 Å². The van der Waals surface area contributed by atoms with E-state index < -0.39 is 5.91 Å². The number of anilines is 1. The molecule has 0 unspecified atom stereocenters. The molecule has 1 saturated heterocycles. The summed E-state index contributed by atoms with van der Waals surface area (Å²) in [5, 5.41) is 2.92. The Morgan fingerprint density at radius 3 is 2.69 bits per heavy atom. The van der Waals surface area contributed by atoms with Crippen molar-refractivity contribution in [3.05, 3.63) is 52.9 Å². The zero-order valence-electron chi connectivity index (χ0n) is 14.4. The molecular formula is C19H19ClN4O2. The van der Waals surface area contributed by atoms with Crippen LogP contribution in [-0.2, 0) is 0 Å². The number of hydrogen-bond acceptors (Lipinski definition) is 5. The van der Waals surface area contributed by atoms with Crippen molar-refractivity contribution in [1.29, 1.82) is 0 Å². The second-order valence-electron chi connectivity index (χ2n) is 7.34. The normalized spacial score (nSPS) is 18.8. The fourth-order valence-electron chi connectivity index (χ4n) is 4.11. The number of Topliss-reactive ketones (excluding diaryl/α,β-unsaturated/α-hetero) is 1. The molecule has 4 rings (SSSR count). The third kappa shape index (κ3) is 3.10. The van der Waals surface area contributed by atoms with Crippen molar-refractivity contribution in [2.45, 2.75) is 12.8 Å². The van der Waals surface area contributed by atoms with E-state index in [1.807, 2.05) is 0 Å². The number of hydrogen-bond donors (Lipinski definition) is 1. The van der Waals surface area contributed by atoms with Crippen LogP contribution in [0.1, 0.15) is 33.8 Å². The lowest BCUT2D eigenvalue weighted by molar-refractivity contribution is -0.0708. The number of halogens is 1. The Labute approximate surface area is 156 Å². The number of likely N-dealkylation sites (tertiary alicyclic amines) is 1. The first-order chi connectivity index (χ1) is 12.5. The van der Waals surface area contributed by atoms with Gasteiger partial charge in [-0.1, -0.05) is 17.7 Å². The number of aromatic nitrogens is 2. The van der Waals surface area contributed by atoms with Crippen LogP contribution in [0.2, 0.25) is 5.02 Å². The van der Waals surface area contributed by atoms with Gasteiger partial charge in [0.15, 0.2) is 5.78 Å². The van der Waals surface area contributed by atoms with Gasteiger partial charge in [-0.15, -0.1) is 0 Å². The van der Waals surface area contributed by atoms with Gasteiger partial charge in [0.05, 0.1) is 5.02 Å². The topological polar surface area (TPSA) is 75.2 Å². The second-order valence-corrected chi connectivity index (χ2v) is 7.74. The second kappa shape index (κ2) is 6.45. The van der Waals surface area contributed by atoms with Crippen LogP contribution < -0.4 is 5.32 Å². The highest BCUT2D eigenvalue weighted by atomic mass is 35.5. The van der Waals surface area contributed by atoms with Gasteiger partial charge in [-0.25, -0.2) is 9.97 Å². The molecule has 7 heteroatoms. The summed E-state index contributed by atoms with van der Waals surface area (Å²) in [5.41, 5.74) is 0.863. The molecule has 2 aromatic rings. The molecule has 0 atom stereocenters. The fourth-order valence-corrected chi connectivity index (χ4v) is 4.31. The molecule has 134 valence electrons. The molecule has 3 heterocycles. The lowest BCUT2D eigenvalue weighted by Gasteiger charge is -2.57. The van der Waals surface area contributed by atoms with Gasteiger partial charge < -0.3 is 10.2 Å². The lowest BCUT2D eigenvalue weighted by Crippen LogP contribution is -2.61. The maximum absolute atomic E-state index is 12.7. The molecule has 0 aromatic carbocycles. The molecule has 1 spiro atoms. The maximum atomic E-state index is 12.7. The molecule has 0 radical (unpaired) electrons. The smallest absolute Gasteiger partial charge is 0.276 e. The van der Waals surface area contributed by atoms with E-state index in [1.54, 1.807) is 30.3 Å². The number of carbonyl (C=O) groups excluding carboxylic acids is 2. The minimum Gasteiger partial charge on any atom is -0.305 e. The Morgan fingerprint density at radius 1 is 1.23 bits per heavy atom. The largest absolute Gasteiger partial charge is 0.305 e. The molecule has 0 bridgehead atoms. The molecular weight excluding hydrogens is 352 g/mol.